The molecule has 0 aliphatic heterocycles. The molecule has 4 atom stereocenters. The van der Waals surface area contributed by atoms with Gasteiger partial charge in [-0.1, -0.05) is 24.3 Å². The Morgan fingerprint density at radius 1 is 0.543 bits per heavy atom. The number of aromatic nitrogens is 4. The molecule has 4 unspecified atom stereocenters. The fourth-order valence-corrected chi connectivity index (χ4v) is 4.58. The van der Waals surface area contributed by atoms with Crippen molar-refractivity contribution in [3.05, 3.63) is 95.6 Å². The summed E-state index contributed by atoms with van der Waals surface area (Å²) >= 11 is 0. The molecule has 4 aromatic rings. The number of aliphatic hydroxyl groups is 2. The third kappa shape index (κ3) is 4.38. The molecule has 180 valence electrons. The minimum atomic E-state index is -0.694. The number of methoxy groups -OCH3 is 2. The zero-order valence-corrected chi connectivity index (χ0v) is 20.2. The van der Waals surface area contributed by atoms with Crippen LogP contribution in [0.2, 0.25) is 0 Å². The molecule has 8 nitrogen and oxygen atoms in total. The molecule has 6 rings (SSSR count). The zero-order valence-electron chi connectivity index (χ0n) is 19.1. The van der Waals surface area contributed by atoms with Crippen molar-refractivity contribution in [2.45, 2.75) is 24.4 Å². The average molecular weight is 512 g/mol. The maximum atomic E-state index is 10.3. The van der Waals surface area contributed by atoms with Crippen molar-refractivity contribution in [3.63, 3.8) is 0 Å². The first-order valence-corrected chi connectivity index (χ1v) is 10.9. The summed E-state index contributed by atoms with van der Waals surface area (Å²) in [5.41, 5.74) is 6.37. The minimum Gasteiger partial charge on any atom is -0.385 e. The van der Waals surface area contributed by atoms with E-state index in [2.05, 4.69) is 19.9 Å². The predicted octanol–water partition coefficient (Wildman–Crippen LogP) is 3.75. The first-order chi connectivity index (χ1) is 16.7. The van der Waals surface area contributed by atoms with Gasteiger partial charge in [-0.15, -0.1) is 0 Å². The van der Waals surface area contributed by atoms with Crippen molar-refractivity contribution in [1.29, 1.82) is 0 Å². The molecular formula is C26H24FeN4O4. The van der Waals surface area contributed by atoms with Crippen molar-refractivity contribution < 1.29 is 36.8 Å². The van der Waals surface area contributed by atoms with Gasteiger partial charge < -0.3 is 19.7 Å². The van der Waals surface area contributed by atoms with Crippen molar-refractivity contribution in [2.24, 2.45) is 0 Å². The molecule has 4 aromatic heterocycles. The molecule has 35 heavy (non-hydrogen) atoms. The third-order valence-corrected chi connectivity index (χ3v) is 6.14. The van der Waals surface area contributed by atoms with Crippen LogP contribution in [0.15, 0.2) is 73.3 Å². The van der Waals surface area contributed by atoms with Crippen molar-refractivity contribution in [2.75, 3.05) is 14.2 Å². The first-order valence-electron chi connectivity index (χ1n) is 10.9. The van der Waals surface area contributed by atoms with Gasteiger partial charge in [0.15, 0.2) is 0 Å². The van der Waals surface area contributed by atoms with Crippen LogP contribution in [0.4, 0.5) is 0 Å². The summed E-state index contributed by atoms with van der Waals surface area (Å²) < 4.78 is 10.7. The van der Waals surface area contributed by atoms with E-state index in [1.54, 1.807) is 39.0 Å². The maximum absolute atomic E-state index is 10.3. The second kappa shape index (κ2) is 10.7. The Kier molecular flexibility index (Phi) is 7.66. The van der Waals surface area contributed by atoms with Gasteiger partial charge in [0, 0.05) is 78.3 Å². The van der Waals surface area contributed by atoms with Crippen LogP contribution in [0.25, 0.3) is 22.8 Å². The second-order valence-electron chi connectivity index (χ2n) is 7.97. The Hall–Kier alpha value is -3.04. The van der Waals surface area contributed by atoms with Gasteiger partial charge in [-0.05, 0) is 24.3 Å². The number of hydrogen-bond donors (Lipinski definition) is 2. The normalized spacial score (nSPS) is 21.1. The zero-order chi connectivity index (χ0) is 23.7. The molecule has 2 N–H and O–H groups in total. The van der Waals surface area contributed by atoms with Gasteiger partial charge in [-0.3, -0.25) is 19.9 Å². The van der Waals surface area contributed by atoms with E-state index in [4.69, 9.17) is 9.47 Å². The van der Waals surface area contributed by atoms with Crippen molar-refractivity contribution in [3.8, 4) is 22.8 Å². The van der Waals surface area contributed by atoms with Gasteiger partial charge in [-0.2, -0.15) is 0 Å². The van der Waals surface area contributed by atoms with E-state index in [0.717, 1.165) is 45.0 Å². The van der Waals surface area contributed by atoms with E-state index in [0.29, 0.717) is 0 Å². The van der Waals surface area contributed by atoms with Crippen LogP contribution in [0.1, 0.15) is 46.7 Å². The SMILES string of the molecule is COC1c2cccnc2-c2ncccc2C1O.COC1c2cccnc2-c2ncccc2C1O.[Fe]. The fourth-order valence-electron chi connectivity index (χ4n) is 4.58. The largest absolute Gasteiger partial charge is 0.385 e. The standard InChI is InChI=1S/2C13H12N2O2.Fe/c2*1-17-13-9-5-3-7-15-11(9)10-8(12(13)16)4-2-6-14-10;/h2*2-7,12-13,16H,1H3;. The number of rotatable bonds is 2. The summed E-state index contributed by atoms with van der Waals surface area (Å²) in [4.78, 5) is 17.3. The number of hydrogen-bond acceptors (Lipinski definition) is 8. The fraction of sp³-hybridized carbons (Fsp3) is 0.231. The molecule has 0 fully saturated rings. The molecule has 0 aromatic carbocycles. The number of fused-ring (bicyclic) bond motifs is 6. The predicted molar refractivity (Wildman–Crippen MR) is 124 cm³/mol. The minimum absolute atomic E-state index is 0. The van der Waals surface area contributed by atoms with E-state index in [1.165, 1.54) is 0 Å². The summed E-state index contributed by atoms with van der Waals surface area (Å²) in [7, 11) is 3.18. The van der Waals surface area contributed by atoms with Crippen LogP contribution in [0.5, 0.6) is 0 Å². The van der Waals surface area contributed by atoms with Crippen LogP contribution in [0, 0.1) is 0 Å². The molecule has 4 heterocycles. The molecule has 0 spiro atoms. The van der Waals surface area contributed by atoms with E-state index in [1.807, 2.05) is 48.5 Å². The Morgan fingerprint density at radius 3 is 1.14 bits per heavy atom. The van der Waals surface area contributed by atoms with Crippen LogP contribution in [0.3, 0.4) is 0 Å². The Labute approximate surface area is 213 Å². The van der Waals surface area contributed by atoms with Gasteiger partial charge in [-0.25, -0.2) is 0 Å². The van der Waals surface area contributed by atoms with Gasteiger partial charge in [0.2, 0.25) is 0 Å². The monoisotopic (exact) mass is 512 g/mol. The Morgan fingerprint density at radius 2 is 0.829 bits per heavy atom. The Balaban J connectivity index is 0.000000160. The molecule has 0 bridgehead atoms. The van der Waals surface area contributed by atoms with E-state index >= 15 is 0 Å². The summed E-state index contributed by atoms with van der Waals surface area (Å²) in [6, 6.07) is 14.8. The quantitative estimate of drug-likeness (QED) is 0.391. The summed E-state index contributed by atoms with van der Waals surface area (Å²) in [6.07, 6.45) is 4.71. The third-order valence-electron chi connectivity index (χ3n) is 6.14. The number of pyridine rings is 4. The topological polar surface area (TPSA) is 110 Å². The maximum Gasteiger partial charge on any atom is 0.114 e. The van der Waals surface area contributed by atoms with Crippen LogP contribution < -0.4 is 0 Å². The molecule has 9 heteroatoms. The van der Waals surface area contributed by atoms with Gasteiger partial charge in [0.25, 0.3) is 0 Å². The molecule has 0 saturated carbocycles. The smallest absolute Gasteiger partial charge is 0.114 e. The van der Waals surface area contributed by atoms with Gasteiger partial charge in [0.05, 0.1) is 22.8 Å². The van der Waals surface area contributed by atoms with E-state index < -0.39 is 12.2 Å². The first kappa shape index (κ1) is 25.1. The van der Waals surface area contributed by atoms with E-state index in [9.17, 15) is 10.2 Å². The van der Waals surface area contributed by atoms with Crippen LogP contribution >= 0.6 is 0 Å². The molecule has 0 amide bonds. The number of aliphatic hydroxyl groups excluding tert-OH is 2. The Bertz CT molecular complexity index is 1220. The summed E-state index contributed by atoms with van der Waals surface area (Å²) in [5, 5.41) is 20.6. The van der Waals surface area contributed by atoms with Crippen LogP contribution in [-0.4, -0.2) is 44.4 Å². The summed E-state index contributed by atoms with van der Waals surface area (Å²) in [5.74, 6) is 0. The van der Waals surface area contributed by atoms with Crippen LogP contribution in [-0.2, 0) is 26.5 Å². The van der Waals surface area contributed by atoms with Gasteiger partial charge in [0.1, 0.15) is 24.4 Å². The number of ether oxygens (including phenoxy) is 2. The van der Waals surface area contributed by atoms with Gasteiger partial charge >= 0.3 is 0 Å². The van der Waals surface area contributed by atoms with Crippen molar-refractivity contribution >= 4 is 0 Å². The second-order valence-corrected chi connectivity index (χ2v) is 7.97. The number of nitrogens with zero attached hydrogens (tertiary/aromatic N) is 4. The molecular weight excluding hydrogens is 488 g/mol. The molecule has 2 aliphatic rings. The molecule has 2 aliphatic carbocycles. The molecule has 0 saturated heterocycles. The van der Waals surface area contributed by atoms with Crippen molar-refractivity contribution in [1.82, 2.24) is 19.9 Å². The average Bonchev–Trinajstić information content (AvgIpc) is 2.90. The van der Waals surface area contributed by atoms with E-state index in [-0.39, 0.29) is 29.3 Å². The molecule has 0 radical (unpaired) electrons. The summed E-state index contributed by atoms with van der Waals surface area (Å²) in [6.45, 7) is 0.